The van der Waals surface area contributed by atoms with Crippen LogP contribution in [-0.2, 0) is 0 Å². The predicted molar refractivity (Wildman–Crippen MR) is 194 cm³/mol. The molecule has 0 unspecified atom stereocenters. The maximum atomic E-state index is 2.57. The van der Waals surface area contributed by atoms with Crippen LogP contribution in [-0.4, -0.2) is 20.4 Å². The van der Waals surface area contributed by atoms with Crippen molar-refractivity contribution in [3.63, 3.8) is 0 Å². The van der Waals surface area contributed by atoms with E-state index >= 15 is 0 Å². The molecule has 12 rings (SSSR count). The molecule has 0 radical (unpaired) electrons. The van der Waals surface area contributed by atoms with Crippen LogP contribution in [0.1, 0.15) is 0 Å². The quantitative estimate of drug-likeness (QED) is 0.174. The molecule has 0 aliphatic carbocycles. The average Bonchev–Trinajstić information content (AvgIpc) is 3.76. The molecule has 10 aromatic rings. The van der Waals surface area contributed by atoms with E-state index in [0.29, 0.717) is 0 Å². The summed E-state index contributed by atoms with van der Waals surface area (Å²) in [4.78, 5) is 0. The highest BCUT2D eigenvalue weighted by Crippen LogP contribution is 2.44. The van der Waals surface area contributed by atoms with Crippen molar-refractivity contribution in [3.8, 4) is 17.1 Å². The van der Waals surface area contributed by atoms with Crippen molar-refractivity contribution in [2.45, 2.75) is 0 Å². The van der Waals surface area contributed by atoms with Crippen LogP contribution in [0.5, 0.6) is 0 Å². The fraction of sp³-hybridized carbons (Fsp3) is 0. The fourth-order valence-electron chi connectivity index (χ4n) is 9.18. The second-order valence-corrected chi connectivity index (χ2v) is 12.9. The first-order valence-electron chi connectivity index (χ1n) is 16.1. The molecule has 7 aromatic carbocycles. The summed E-state index contributed by atoms with van der Waals surface area (Å²) in [6, 6.07) is 54.1. The molecule has 0 saturated carbocycles. The van der Waals surface area contributed by atoms with E-state index in [0.717, 1.165) is 0 Å². The highest BCUT2D eigenvalue weighted by atomic mass is 15.0. The Hall–Kier alpha value is -6.00. The van der Waals surface area contributed by atoms with Gasteiger partial charge in [0.15, 0.2) is 0 Å². The Kier molecular flexibility index (Phi) is 4.06. The van der Waals surface area contributed by atoms with E-state index in [1.54, 1.807) is 0 Å². The lowest BCUT2D eigenvalue weighted by Crippen LogP contribution is -2.59. The van der Waals surface area contributed by atoms with E-state index in [1.807, 2.05) is 0 Å². The van der Waals surface area contributed by atoms with Gasteiger partial charge in [-0.15, -0.1) is 0 Å². The summed E-state index contributed by atoms with van der Waals surface area (Å²) in [5, 5.41) is 7.87. The van der Waals surface area contributed by atoms with E-state index < -0.39 is 0 Å². The SMILES string of the molecule is c1ccc(-n2c3ccccc3c3cc4c5c(c6ccccc6n5-c5cccc6c5B4c4cccc5c7ccccc7n-6c45)c32)cc1. The second-order valence-electron chi connectivity index (χ2n) is 12.9. The van der Waals surface area contributed by atoms with Crippen molar-refractivity contribution in [3.05, 3.63) is 146 Å². The predicted octanol–water partition coefficient (Wildman–Crippen LogP) is 8.12. The van der Waals surface area contributed by atoms with Gasteiger partial charge in [-0.1, -0.05) is 103 Å². The summed E-state index contributed by atoms with van der Waals surface area (Å²) in [5.74, 6) is 0. The van der Waals surface area contributed by atoms with Gasteiger partial charge >= 0.3 is 0 Å². The standard InChI is InChI=1S/C42H24BN3/c1-2-12-25(13-3-1)44-33-19-7-5-15-27(33)30-24-32-42-38(41(30)44)29-16-6-9-21-35(29)46(42)37-23-11-22-36-39(37)43(32)31-18-10-17-28-26-14-4-8-20-34(26)45(36)40(28)31/h1-24H. The highest BCUT2D eigenvalue weighted by Gasteiger charge is 2.41. The Balaban J connectivity index is 1.36. The minimum absolute atomic E-state index is 0.120. The van der Waals surface area contributed by atoms with Crippen LogP contribution in [0.4, 0.5) is 0 Å². The molecule has 4 heteroatoms. The highest BCUT2D eigenvalue weighted by molar-refractivity contribution is 7.00. The average molecular weight is 581 g/mol. The molecule has 0 fully saturated rings. The van der Waals surface area contributed by atoms with Crippen LogP contribution >= 0.6 is 0 Å². The van der Waals surface area contributed by atoms with Gasteiger partial charge in [0.1, 0.15) is 0 Å². The van der Waals surface area contributed by atoms with Crippen molar-refractivity contribution in [2.24, 2.45) is 0 Å². The summed E-state index contributed by atoms with van der Waals surface area (Å²) >= 11 is 0. The van der Waals surface area contributed by atoms with Gasteiger partial charge in [-0.05, 0) is 58.9 Å². The Morgan fingerprint density at radius 3 is 1.70 bits per heavy atom. The molecule has 2 aliphatic heterocycles. The largest absolute Gasteiger partial charge is 0.310 e. The maximum absolute atomic E-state index is 2.57. The lowest BCUT2D eigenvalue weighted by atomic mass is 9.34. The number of para-hydroxylation sites is 5. The first kappa shape index (κ1) is 23.4. The Labute approximate surface area is 264 Å². The Bertz CT molecular complexity index is 2980. The first-order chi connectivity index (χ1) is 22.9. The van der Waals surface area contributed by atoms with Gasteiger partial charge in [0.25, 0.3) is 6.71 Å². The summed E-state index contributed by atoms with van der Waals surface area (Å²) in [6.45, 7) is 0.120. The molecule has 0 spiro atoms. The van der Waals surface area contributed by atoms with Crippen LogP contribution < -0.4 is 16.4 Å². The number of nitrogens with zero attached hydrogens (tertiary/aromatic N) is 3. The van der Waals surface area contributed by atoms with Crippen LogP contribution in [0, 0.1) is 0 Å². The van der Waals surface area contributed by atoms with Gasteiger partial charge < -0.3 is 13.7 Å². The van der Waals surface area contributed by atoms with E-state index in [1.165, 1.54) is 98.9 Å². The number of aromatic nitrogens is 3. The van der Waals surface area contributed by atoms with Gasteiger partial charge in [0.2, 0.25) is 0 Å². The van der Waals surface area contributed by atoms with E-state index in [-0.39, 0.29) is 6.71 Å². The van der Waals surface area contributed by atoms with Crippen LogP contribution in [0.15, 0.2) is 146 Å². The third-order valence-corrected chi connectivity index (χ3v) is 10.8. The van der Waals surface area contributed by atoms with Gasteiger partial charge in [-0.2, -0.15) is 0 Å². The lowest BCUT2D eigenvalue weighted by Gasteiger charge is -2.33. The zero-order valence-corrected chi connectivity index (χ0v) is 24.8. The molecule has 3 aromatic heterocycles. The van der Waals surface area contributed by atoms with Gasteiger partial charge in [-0.25, -0.2) is 0 Å². The first-order valence-corrected chi connectivity index (χ1v) is 16.1. The Morgan fingerprint density at radius 1 is 0.370 bits per heavy atom. The van der Waals surface area contributed by atoms with E-state index in [9.17, 15) is 0 Å². The molecule has 5 heterocycles. The summed E-state index contributed by atoms with van der Waals surface area (Å²) < 4.78 is 7.59. The smallest absolute Gasteiger partial charge is 0.252 e. The van der Waals surface area contributed by atoms with Crippen molar-refractivity contribution in [1.82, 2.24) is 13.7 Å². The summed E-state index contributed by atoms with van der Waals surface area (Å²) in [6.07, 6.45) is 0. The molecule has 3 nitrogen and oxygen atoms in total. The summed E-state index contributed by atoms with van der Waals surface area (Å²) in [5.41, 5.74) is 15.6. The van der Waals surface area contributed by atoms with Crippen LogP contribution in [0.25, 0.3) is 82.5 Å². The van der Waals surface area contributed by atoms with E-state index in [4.69, 9.17) is 0 Å². The molecular formula is C42H24BN3. The molecule has 0 atom stereocenters. The maximum Gasteiger partial charge on any atom is 0.252 e. The normalized spacial score (nSPS) is 13.2. The lowest BCUT2D eigenvalue weighted by molar-refractivity contribution is 1.14. The minimum Gasteiger partial charge on any atom is -0.310 e. The molecule has 210 valence electrons. The van der Waals surface area contributed by atoms with Gasteiger partial charge in [0, 0.05) is 54.9 Å². The van der Waals surface area contributed by atoms with Crippen molar-refractivity contribution in [1.29, 1.82) is 0 Å². The zero-order chi connectivity index (χ0) is 29.7. The Morgan fingerprint density at radius 2 is 0.935 bits per heavy atom. The van der Waals surface area contributed by atoms with Gasteiger partial charge in [0.05, 0.1) is 27.6 Å². The van der Waals surface area contributed by atoms with E-state index in [2.05, 4.69) is 159 Å². The van der Waals surface area contributed by atoms with Crippen molar-refractivity contribution < 1.29 is 0 Å². The number of hydrogen-bond acceptors (Lipinski definition) is 0. The molecular weight excluding hydrogens is 557 g/mol. The topological polar surface area (TPSA) is 14.8 Å². The van der Waals surface area contributed by atoms with Crippen LogP contribution in [0.2, 0.25) is 0 Å². The molecule has 0 bridgehead atoms. The summed E-state index contributed by atoms with van der Waals surface area (Å²) in [7, 11) is 0. The van der Waals surface area contributed by atoms with Crippen molar-refractivity contribution >= 4 is 88.5 Å². The fourth-order valence-corrected chi connectivity index (χ4v) is 9.18. The second kappa shape index (κ2) is 7.98. The third-order valence-electron chi connectivity index (χ3n) is 10.8. The molecule has 0 N–H and O–H groups in total. The molecule has 2 aliphatic rings. The van der Waals surface area contributed by atoms with Gasteiger partial charge in [-0.3, -0.25) is 0 Å². The minimum atomic E-state index is 0.120. The number of rotatable bonds is 1. The van der Waals surface area contributed by atoms with Crippen LogP contribution in [0.3, 0.4) is 0 Å². The third kappa shape index (κ3) is 2.54. The number of hydrogen-bond donors (Lipinski definition) is 0. The molecule has 0 saturated heterocycles. The van der Waals surface area contributed by atoms with Crippen molar-refractivity contribution in [2.75, 3.05) is 0 Å². The number of benzene rings is 7. The molecule has 0 amide bonds. The zero-order valence-electron chi connectivity index (χ0n) is 24.8. The molecule has 46 heavy (non-hydrogen) atoms. The monoisotopic (exact) mass is 581 g/mol. The number of fused-ring (bicyclic) bond motifs is 14.